The quantitative estimate of drug-likeness (QED) is 0.669. The van der Waals surface area contributed by atoms with Gasteiger partial charge >= 0.3 is 0 Å². The molecule has 1 N–H and O–H groups in total. The van der Waals surface area contributed by atoms with Gasteiger partial charge in [-0.3, -0.25) is 0 Å². The molecule has 0 heterocycles. The van der Waals surface area contributed by atoms with Gasteiger partial charge in [-0.1, -0.05) is 34.6 Å². The monoisotopic (exact) mass is 158 g/mol. The average molecular weight is 158 g/mol. The van der Waals surface area contributed by atoms with Crippen molar-refractivity contribution in [2.75, 3.05) is 6.61 Å². The summed E-state index contributed by atoms with van der Waals surface area (Å²) in [5.74, 6) is 1.30. The highest BCUT2D eigenvalue weighted by atomic mass is 16.3. The third kappa shape index (κ3) is 3.76. The van der Waals surface area contributed by atoms with Gasteiger partial charge in [-0.2, -0.15) is 0 Å². The first-order chi connectivity index (χ1) is 4.89. The largest absolute Gasteiger partial charge is 0.396 e. The second-order valence-corrected chi connectivity index (χ2v) is 4.73. The molecule has 1 nitrogen and oxygen atoms in total. The molecule has 0 saturated carbocycles. The lowest BCUT2D eigenvalue weighted by Gasteiger charge is -2.33. The van der Waals surface area contributed by atoms with Crippen molar-refractivity contribution in [3.05, 3.63) is 0 Å². The zero-order valence-electron chi connectivity index (χ0n) is 8.52. The third-order valence-electron chi connectivity index (χ3n) is 2.36. The standard InChI is InChI=1S/C10H22O/c1-8(2)9(6-7-11)10(3,4)5/h8-9,11H,6-7H2,1-5H3/t9-/m1/s1. The van der Waals surface area contributed by atoms with Gasteiger partial charge < -0.3 is 5.11 Å². The van der Waals surface area contributed by atoms with Crippen LogP contribution in [0.5, 0.6) is 0 Å². The van der Waals surface area contributed by atoms with Gasteiger partial charge in [0.1, 0.15) is 0 Å². The molecular weight excluding hydrogens is 136 g/mol. The normalized spacial score (nSPS) is 15.5. The second kappa shape index (κ2) is 4.10. The lowest BCUT2D eigenvalue weighted by Crippen LogP contribution is -2.26. The van der Waals surface area contributed by atoms with E-state index in [0.717, 1.165) is 6.42 Å². The topological polar surface area (TPSA) is 20.2 Å². The predicted molar refractivity (Wildman–Crippen MR) is 49.5 cm³/mol. The Balaban J connectivity index is 4.10. The maximum Gasteiger partial charge on any atom is 0.0433 e. The molecule has 0 unspecified atom stereocenters. The Morgan fingerprint density at radius 3 is 1.73 bits per heavy atom. The van der Waals surface area contributed by atoms with Crippen LogP contribution in [0.1, 0.15) is 41.0 Å². The molecule has 0 saturated heterocycles. The van der Waals surface area contributed by atoms with Crippen molar-refractivity contribution >= 4 is 0 Å². The molecule has 0 aromatic heterocycles. The van der Waals surface area contributed by atoms with Crippen molar-refractivity contribution in [3.8, 4) is 0 Å². The number of rotatable bonds is 3. The molecule has 68 valence electrons. The maximum absolute atomic E-state index is 8.85. The van der Waals surface area contributed by atoms with Crippen LogP contribution in [-0.2, 0) is 0 Å². The number of aliphatic hydroxyl groups excluding tert-OH is 1. The van der Waals surface area contributed by atoms with Crippen LogP contribution in [0.15, 0.2) is 0 Å². The van der Waals surface area contributed by atoms with Crippen LogP contribution in [0.2, 0.25) is 0 Å². The minimum absolute atomic E-state index is 0.320. The first-order valence-corrected chi connectivity index (χ1v) is 4.50. The van der Waals surface area contributed by atoms with Crippen molar-refractivity contribution in [2.45, 2.75) is 41.0 Å². The lowest BCUT2D eigenvalue weighted by atomic mass is 9.73. The van der Waals surface area contributed by atoms with Crippen molar-refractivity contribution in [1.82, 2.24) is 0 Å². The molecular formula is C10H22O. The molecule has 0 aromatic carbocycles. The van der Waals surface area contributed by atoms with Crippen molar-refractivity contribution < 1.29 is 5.11 Å². The highest BCUT2D eigenvalue weighted by Gasteiger charge is 2.26. The van der Waals surface area contributed by atoms with Crippen LogP contribution in [0, 0.1) is 17.3 Å². The Kier molecular flexibility index (Phi) is 4.09. The molecule has 0 bridgehead atoms. The van der Waals surface area contributed by atoms with Gasteiger partial charge in [-0.15, -0.1) is 0 Å². The fourth-order valence-corrected chi connectivity index (χ4v) is 1.91. The van der Waals surface area contributed by atoms with E-state index in [1.54, 1.807) is 0 Å². The van der Waals surface area contributed by atoms with Gasteiger partial charge in [0.25, 0.3) is 0 Å². The van der Waals surface area contributed by atoms with E-state index in [0.29, 0.717) is 23.9 Å². The Labute approximate surface area is 70.8 Å². The van der Waals surface area contributed by atoms with Gasteiger partial charge in [0.2, 0.25) is 0 Å². The van der Waals surface area contributed by atoms with E-state index >= 15 is 0 Å². The lowest BCUT2D eigenvalue weighted by molar-refractivity contribution is 0.131. The molecule has 0 amide bonds. The summed E-state index contributed by atoms with van der Waals surface area (Å²) in [6.45, 7) is 11.5. The minimum atomic E-state index is 0.320. The molecule has 0 aliphatic heterocycles. The molecule has 1 atom stereocenters. The molecule has 0 fully saturated rings. The van der Waals surface area contributed by atoms with E-state index in [4.69, 9.17) is 5.11 Å². The van der Waals surface area contributed by atoms with Gasteiger partial charge in [-0.05, 0) is 23.7 Å². The summed E-state index contributed by atoms with van der Waals surface area (Å²) in [5, 5.41) is 8.85. The molecule has 0 aliphatic carbocycles. The first kappa shape index (κ1) is 11.0. The summed E-state index contributed by atoms with van der Waals surface area (Å²) in [4.78, 5) is 0. The summed E-state index contributed by atoms with van der Waals surface area (Å²) in [6.07, 6.45) is 0.932. The zero-order valence-corrected chi connectivity index (χ0v) is 8.52. The van der Waals surface area contributed by atoms with Crippen LogP contribution in [-0.4, -0.2) is 11.7 Å². The summed E-state index contributed by atoms with van der Waals surface area (Å²) >= 11 is 0. The summed E-state index contributed by atoms with van der Waals surface area (Å²) in [7, 11) is 0. The van der Waals surface area contributed by atoms with E-state index in [9.17, 15) is 0 Å². The summed E-state index contributed by atoms with van der Waals surface area (Å²) in [6, 6.07) is 0. The Morgan fingerprint density at radius 2 is 1.64 bits per heavy atom. The fourth-order valence-electron chi connectivity index (χ4n) is 1.91. The van der Waals surface area contributed by atoms with Crippen LogP contribution >= 0.6 is 0 Å². The van der Waals surface area contributed by atoms with Gasteiger partial charge in [0.15, 0.2) is 0 Å². The molecule has 11 heavy (non-hydrogen) atoms. The van der Waals surface area contributed by atoms with Crippen LogP contribution in [0.4, 0.5) is 0 Å². The van der Waals surface area contributed by atoms with E-state index in [-0.39, 0.29) is 0 Å². The van der Waals surface area contributed by atoms with Crippen LogP contribution < -0.4 is 0 Å². The summed E-state index contributed by atoms with van der Waals surface area (Å²) < 4.78 is 0. The fraction of sp³-hybridized carbons (Fsp3) is 1.00. The van der Waals surface area contributed by atoms with Crippen molar-refractivity contribution in [1.29, 1.82) is 0 Å². The highest BCUT2D eigenvalue weighted by molar-refractivity contribution is 4.76. The van der Waals surface area contributed by atoms with E-state index in [1.165, 1.54) is 0 Å². The third-order valence-corrected chi connectivity index (χ3v) is 2.36. The number of hydrogen-bond acceptors (Lipinski definition) is 1. The molecule has 0 aromatic rings. The van der Waals surface area contributed by atoms with E-state index in [2.05, 4.69) is 34.6 Å². The Bertz CT molecular complexity index is 99.9. The molecule has 0 radical (unpaired) electrons. The van der Waals surface area contributed by atoms with Gasteiger partial charge in [0, 0.05) is 6.61 Å². The molecule has 0 rings (SSSR count). The van der Waals surface area contributed by atoms with Crippen LogP contribution in [0.3, 0.4) is 0 Å². The zero-order chi connectivity index (χ0) is 9.07. The Morgan fingerprint density at radius 1 is 1.18 bits per heavy atom. The highest BCUT2D eigenvalue weighted by Crippen LogP contribution is 2.34. The smallest absolute Gasteiger partial charge is 0.0433 e. The number of hydrogen-bond donors (Lipinski definition) is 1. The number of aliphatic hydroxyl groups is 1. The second-order valence-electron chi connectivity index (χ2n) is 4.73. The van der Waals surface area contributed by atoms with Gasteiger partial charge in [0.05, 0.1) is 0 Å². The van der Waals surface area contributed by atoms with E-state index < -0.39 is 0 Å². The Hall–Kier alpha value is -0.0400. The maximum atomic E-state index is 8.85. The average Bonchev–Trinajstić information content (AvgIpc) is 1.79. The predicted octanol–water partition coefficient (Wildman–Crippen LogP) is 2.69. The summed E-state index contributed by atoms with van der Waals surface area (Å²) in [5.41, 5.74) is 0.330. The SMILES string of the molecule is CC(C)[C@@H](CCO)C(C)(C)C. The molecule has 0 aliphatic rings. The molecule has 1 heteroatoms. The van der Waals surface area contributed by atoms with Crippen molar-refractivity contribution in [2.24, 2.45) is 17.3 Å². The van der Waals surface area contributed by atoms with E-state index in [1.807, 2.05) is 0 Å². The van der Waals surface area contributed by atoms with Crippen LogP contribution in [0.25, 0.3) is 0 Å². The van der Waals surface area contributed by atoms with Gasteiger partial charge in [-0.25, -0.2) is 0 Å². The first-order valence-electron chi connectivity index (χ1n) is 4.50. The van der Waals surface area contributed by atoms with Crippen molar-refractivity contribution in [3.63, 3.8) is 0 Å². The minimum Gasteiger partial charge on any atom is -0.396 e. The molecule has 0 spiro atoms.